The van der Waals surface area contributed by atoms with Gasteiger partial charge in [0.15, 0.2) is 6.29 Å². The minimum atomic E-state index is 0.719. The Bertz CT molecular complexity index is 615. The van der Waals surface area contributed by atoms with Crippen molar-refractivity contribution in [3.63, 3.8) is 0 Å². The summed E-state index contributed by atoms with van der Waals surface area (Å²) in [6.45, 7) is 9.05. The van der Waals surface area contributed by atoms with Crippen LogP contribution in [0.3, 0.4) is 0 Å². The maximum Gasteiger partial charge on any atom is 0.152 e. The number of hydrogen-bond acceptors (Lipinski definition) is 2. The van der Waals surface area contributed by atoms with Crippen molar-refractivity contribution in [2.75, 3.05) is 18.0 Å². The van der Waals surface area contributed by atoms with Crippen molar-refractivity contribution in [1.29, 1.82) is 0 Å². The highest BCUT2D eigenvalue weighted by Crippen LogP contribution is 2.25. The quantitative estimate of drug-likeness (QED) is 0.584. The fourth-order valence-electron chi connectivity index (χ4n) is 2.30. The normalized spacial score (nSPS) is 10.4. The van der Waals surface area contributed by atoms with Crippen molar-refractivity contribution < 1.29 is 4.79 Å². The number of anilines is 1. The van der Waals surface area contributed by atoms with Gasteiger partial charge in [0.2, 0.25) is 0 Å². The Kier molecular flexibility index (Phi) is 3.85. The fraction of sp³-hybridized carbons (Fsp3) is 0.188. The zero-order valence-electron chi connectivity index (χ0n) is 11.2. The lowest BCUT2D eigenvalue weighted by Crippen LogP contribution is -2.22. The van der Waals surface area contributed by atoms with Gasteiger partial charge in [-0.05, 0) is 18.2 Å². The lowest BCUT2D eigenvalue weighted by molar-refractivity contribution is 0.112. The summed E-state index contributed by atoms with van der Waals surface area (Å²) >= 11 is 0. The Morgan fingerprint density at radius 1 is 1.26 bits per heavy atom. The number of carbonyl (C=O) groups excluding carboxylic acids is 1. The molecule has 0 spiro atoms. The van der Waals surface area contributed by atoms with Crippen molar-refractivity contribution in [2.24, 2.45) is 7.05 Å². The molecule has 0 unspecified atom stereocenters. The first-order valence-corrected chi connectivity index (χ1v) is 6.22. The lowest BCUT2D eigenvalue weighted by atomic mass is 10.1. The van der Waals surface area contributed by atoms with E-state index in [1.165, 1.54) is 0 Å². The van der Waals surface area contributed by atoms with Gasteiger partial charge in [0, 0.05) is 48.5 Å². The van der Waals surface area contributed by atoms with Crippen LogP contribution in [-0.2, 0) is 7.05 Å². The Balaban J connectivity index is 2.52. The molecule has 0 amide bonds. The highest BCUT2D eigenvalue weighted by molar-refractivity contribution is 5.99. The van der Waals surface area contributed by atoms with E-state index in [2.05, 4.69) is 24.1 Å². The third-order valence-corrected chi connectivity index (χ3v) is 3.19. The molecule has 0 radical (unpaired) electrons. The van der Waals surface area contributed by atoms with Gasteiger partial charge < -0.3 is 9.47 Å². The number of carbonyl (C=O) groups is 1. The molecular formula is C16H18N2O. The summed E-state index contributed by atoms with van der Waals surface area (Å²) in [5.41, 5.74) is 2.85. The summed E-state index contributed by atoms with van der Waals surface area (Å²) in [4.78, 5) is 13.3. The lowest BCUT2D eigenvalue weighted by Gasteiger charge is -2.21. The van der Waals surface area contributed by atoms with Crippen molar-refractivity contribution in [1.82, 2.24) is 4.57 Å². The third-order valence-electron chi connectivity index (χ3n) is 3.19. The smallest absolute Gasteiger partial charge is 0.152 e. The van der Waals surface area contributed by atoms with Gasteiger partial charge in [0.05, 0.1) is 0 Å². The highest BCUT2D eigenvalue weighted by Gasteiger charge is 2.09. The predicted molar refractivity (Wildman–Crippen MR) is 80.9 cm³/mol. The first-order chi connectivity index (χ1) is 9.21. The zero-order chi connectivity index (χ0) is 13.8. The number of aldehydes is 1. The van der Waals surface area contributed by atoms with Crippen LogP contribution in [0, 0.1) is 0 Å². The molecule has 0 aliphatic carbocycles. The molecule has 1 aromatic heterocycles. The number of hydrogen-bond donors (Lipinski definition) is 0. The van der Waals surface area contributed by atoms with Crippen molar-refractivity contribution >= 4 is 22.9 Å². The first kappa shape index (κ1) is 13.1. The number of fused-ring (bicyclic) bond motifs is 1. The number of benzene rings is 1. The third kappa shape index (κ3) is 2.45. The average molecular weight is 254 g/mol. The molecular weight excluding hydrogens is 236 g/mol. The summed E-state index contributed by atoms with van der Waals surface area (Å²) in [5, 5.41) is 0.980. The van der Waals surface area contributed by atoms with Crippen LogP contribution in [0.15, 0.2) is 49.7 Å². The van der Waals surface area contributed by atoms with E-state index in [1.54, 1.807) is 0 Å². The summed E-state index contributed by atoms with van der Waals surface area (Å²) in [7, 11) is 1.94. The molecule has 98 valence electrons. The summed E-state index contributed by atoms with van der Waals surface area (Å²) in [6.07, 6.45) is 6.48. The summed E-state index contributed by atoms with van der Waals surface area (Å²) < 4.78 is 1.97. The average Bonchev–Trinajstić information content (AvgIpc) is 2.75. The molecule has 0 aliphatic heterocycles. The van der Waals surface area contributed by atoms with Crippen LogP contribution >= 0.6 is 0 Å². The molecule has 3 nitrogen and oxygen atoms in total. The predicted octanol–water partition coefficient (Wildman–Crippen LogP) is 3.17. The van der Waals surface area contributed by atoms with Gasteiger partial charge in [-0.1, -0.05) is 12.2 Å². The topological polar surface area (TPSA) is 25.2 Å². The second-order valence-corrected chi connectivity index (χ2v) is 4.50. The summed E-state index contributed by atoms with van der Waals surface area (Å²) in [5.74, 6) is 0. The van der Waals surface area contributed by atoms with E-state index < -0.39 is 0 Å². The number of aryl methyl sites for hydroxylation is 1. The zero-order valence-corrected chi connectivity index (χ0v) is 11.2. The second kappa shape index (κ2) is 5.57. The molecule has 0 atom stereocenters. The van der Waals surface area contributed by atoms with E-state index in [0.29, 0.717) is 0 Å². The van der Waals surface area contributed by atoms with Crippen LogP contribution in [0.2, 0.25) is 0 Å². The highest BCUT2D eigenvalue weighted by atomic mass is 16.1. The van der Waals surface area contributed by atoms with Gasteiger partial charge in [0.1, 0.15) is 0 Å². The monoisotopic (exact) mass is 254 g/mol. The van der Waals surface area contributed by atoms with E-state index in [4.69, 9.17) is 0 Å². The molecule has 2 rings (SSSR count). The number of rotatable bonds is 6. The molecule has 1 heterocycles. The molecule has 0 saturated carbocycles. The molecule has 2 aromatic rings. The van der Waals surface area contributed by atoms with Crippen LogP contribution in [-0.4, -0.2) is 23.9 Å². The van der Waals surface area contributed by atoms with Crippen LogP contribution in [0.1, 0.15) is 10.4 Å². The first-order valence-electron chi connectivity index (χ1n) is 6.22. The molecule has 1 aromatic carbocycles. The number of nitrogens with zero attached hydrogens (tertiary/aromatic N) is 2. The van der Waals surface area contributed by atoms with E-state index in [-0.39, 0.29) is 0 Å². The van der Waals surface area contributed by atoms with Crippen LogP contribution in [0.25, 0.3) is 10.9 Å². The Labute approximate surface area is 113 Å². The Hall–Kier alpha value is -2.29. The molecule has 3 heteroatoms. The summed E-state index contributed by atoms with van der Waals surface area (Å²) in [6, 6.07) is 6.15. The van der Waals surface area contributed by atoms with Crippen LogP contribution < -0.4 is 4.90 Å². The molecule has 0 N–H and O–H groups in total. The minimum Gasteiger partial charge on any atom is -0.364 e. The molecule has 0 fully saturated rings. The minimum absolute atomic E-state index is 0.719. The van der Waals surface area contributed by atoms with E-state index in [9.17, 15) is 4.79 Å². The van der Waals surface area contributed by atoms with Crippen molar-refractivity contribution in [3.05, 3.63) is 55.3 Å². The van der Waals surface area contributed by atoms with Gasteiger partial charge in [-0.3, -0.25) is 4.79 Å². The van der Waals surface area contributed by atoms with Crippen LogP contribution in [0.4, 0.5) is 5.69 Å². The number of aromatic nitrogens is 1. The molecule has 0 aliphatic rings. The second-order valence-electron chi connectivity index (χ2n) is 4.50. The van der Waals surface area contributed by atoms with Gasteiger partial charge in [-0.2, -0.15) is 0 Å². The standard InChI is InChI=1S/C16H18N2O/c1-4-8-18(9-5-2)14-6-7-16-15(10-14)13(12-19)11-17(16)3/h4-7,10-12H,1-2,8-9H2,3H3. The van der Waals surface area contributed by atoms with Crippen LogP contribution in [0.5, 0.6) is 0 Å². The van der Waals surface area contributed by atoms with Gasteiger partial charge in [-0.15, -0.1) is 13.2 Å². The fourth-order valence-corrected chi connectivity index (χ4v) is 2.30. The van der Waals surface area contributed by atoms with Crippen molar-refractivity contribution in [3.8, 4) is 0 Å². The molecule has 19 heavy (non-hydrogen) atoms. The maximum atomic E-state index is 11.1. The van der Waals surface area contributed by atoms with Crippen molar-refractivity contribution in [2.45, 2.75) is 0 Å². The van der Waals surface area contributed by atoms with E-state index in [1.807, 2.05) is 42.1 Å². The van der Waals surface area contributed by atoms with E-state index in [0.717, 1.165) is 41.5 Å². The Morgan fingerprint density at radius 3 is 2.53 bits per heavy atom. The SMILES string of the molecule is C=CCN(CC=C)c1ccc2c(c1)c(C=O)cn2C. The molecule has 0 saturated heterocycles. The Morgan fingerprint density at radius 2 is 1.95 bits per heavy atom. The maximum absolute atomic E-state index is 11.1. The van der Waals surface area contributed by atoms with Gasteiger partial charge in [-0.25, -0.2) is 0 Å². The van der Waals surface area contributed by atoms with Gasteiger partial charge in [0.25, 0.3) is 0 Å². The largest absolute Gasteiger partial charge is 0.364 e. The van der Waals surface area contributed by atoms with E-state index >= 15 is 0 Å². The molecule has 0 bridgehead atoms. The van der Waals surface area contributed by atoms with Gasteiger partial charge >= 0.3 is 0 Å².